The quantitative estimate of drug-likeness (QED) is 0.231. The lowest BCUT2D eigenvalue weighted by molar-refractivity contribution is 0.0923. The Bertz CT molecular complexity index is 1610. The number of fused-ring (bicyclic) bond motifs is 1. The molecular formula is C30H21BrN2O4. The largest absolute Gasteiger partial charge is 0.322 e. The monoisotopic (exact) mass is 552 g/mol. The van der Waals surface area contributed by atoms with Crippen LogP contribution in [0.4, 0.5) is 11.4 Å². The van der Waals surface area contributed by atoms with E-state index in [0.29, 0.717) is 28.1 Å². The molecule has 5 rings (SSSR count). The molecule has 3 amide bonds. The fourth-order valence-electron chi connectivity index (χ4n) is 4.19. The Morgan fingerprint density at radius 3 is 2.11 bits per heavy atom. The van der Waals surface area contributed by atoms with Gasteiger partial charge in [0.1, 0.15) is 0 Å². The van der Waals surface area contributed by atoms with Crippen LogP contribution in [0.1, 0.15) is 58.1 Å². The van der Waals surface area contributed by atoms with E-state index in [1.807, 2.05) is 26.0 Å². The molecule has 4 aromatic carbocycles. The fourth-order valence-corrected chi connectivity index (χ4v) is 4.46. The summed E-state index contributed by atoms with van der Waals surface area (Å²) >= 11 is 3.34. The first kappa shape index (κ1) is 24.3. The molecule has 0 bridgehead atoms. The Morgan fingerprint density at radius 2 is 1.38 bits per heavy atom. The molecule has 1 aliphatic heterocycles. The van der Waals surface area contributed by atoms with E-state index in [1.54, 1.807) is 60.7 Å². The molecule has 0 aromatic heterocycles. The Kier molecular flexibility index (Phi) is 6.31. The number of rotatable bonds is 5. The van der Waals surface area contributed by atoms with Crippen LogP contribution in [-0.2, 0) is 0 Å². The molecule has 1 N–H and O–H groups in total. The topological polar surface area (TPSA) is 83.6 Å². The van der Waals surface area contributed by atoms with E-state index in [1.165, 1.54) is 12.1 Å². The summed E-state index contributed by atoms with van der Waals surface area (Å²) in [5.41, 5.74) is 4.58. The van der Waals surface area contributed by atoms with Gasteiger partial charge in [-0.2, -0.15) is 0 Å². The minimum absolute atomic E-state index is 0.185. The molecule has 7 heteroatoms. The molecule has 6 nitrogen and oxygen atoms in total. The highest BCUT2D eigenvalue weighted by molar-refractivity contribution is 9.10. The predicted octanol–water partition coefficient (Wildman–Crippen LogP) is 6.35. The zero-order valence-corrected chi connectivity index (χ0v) is 21.6. The SMILES string of the molecule is Cc1ccc(C(=O)c2cccc(N3C(=O)c4ccc(NC(=O)c5ccc(Br)cc5)cc4C3=O)c2)cc1C. The maximum atomic E-state index is 13.3. The molecule has 182 valence electrons. The van der Waals surface area contributed by atoms with Crippen LogP contribution in [0, 0.1) is 13.8 Å². The van der Waals surface area contributed by atoms with Gasteiger partial charge in [-0.1, -0.05) is 40.2 Å². The van der Waals surface area contributed by atoms with Gasteiger partial charge in [0.25, 0.3) is 17.7 Å². The van der Waals surface area contributed by atoms with Crippen molar-refractivity contribution in [2.45, 2.75) is 13.8 Å². The molecular weight excluding hydrogens is 532 g/mol. The summed E-state index contributed by atoms with van der Waals surface area (Å²) in [7, 11) is 0. The van der Waals surface area contributed by atoms with E-state index in [-0.39, 0.29) is 22.8 Å². The maximum Gasteiger partial charge on any atom is 0.266 e. The Morgan fingerprint density at radius 1 is 0.703 bits per heavy atom. The first-order chi connectivity index (χ1) is 17.7. The number of nitrogens with one attached hydrogen (secondary N) is 1. The molecule has 0 saturated heterocycles. The van der Waals surface area contributed by atoms with Crippen molar-refractivity contribution >= 4 is 50.8 Å². The molecule has 0 radical (unpaired) electrons. The number of amides is 3. The average molecular weight is 553 g/mol. The van der Waals surface area contributed by atoms with Crippen LogP contribution in [0.5, 0.6) is 0 Å². The third-order valence-electron chi connectivity index (χ3n) is 6.39. The predicted molar refractivity (Wildman–Crippen MR) is 145 cm³/mol. The van der Waals surface area contributed by atoms with Gasteiger partial charge >= 0.3 is 0 Å². The standard InChI is InChI=1S/C30H21BrN2O4/c1-17-6-7-21(14-18(17)2)27(34)20-4-3-5-24(15-20)33-29(36)25-13-12-23(16-26(25)30(33)37)32-28(35)19-8-10-22(31)11-9-19/h3-16H,1-2H3,(H,32,35). The summed E-state index contributed by atoms with van der Waals surface area (Å²) in [6, 6.07) is 23.5. The lowest BCUT2D eigenvalue weighted by Crippen LogP contribution is -2.29. The summed E-state index contributed by atoms with van der Waals surface area (Å²) < 4.78 is 0.852. The maximum absolute atomic E-state index is 13.3. The zero-order valence-electron chi connectivity index (χ0n) is 20.0. The minimum atomic E-state index is -0.518. The van der Waals surface area contributed by atoms with Crippen LogP contribution in [0.2, 0.25) is 0 Å². The number of carbonyl (C=O) groups is 4. The van der Waals surface area contributed by atoms with Gasteiger partial charge in [-0.15, -0.1) is 0 Å². The number of carbonyl (C=O) groups excluding carboxylic acids is 4. The van der Waals surface area contributed by atoms with Crippen molar-refractivity contribution in [3.63, 3.8) is 0 Å². The van der Waals surface area contributed by atoms with E-state index >= 15 is 0 Å². The normalized spacial score (nSPS) is 12.5. The van der Waals surface area contributed by atoms with Crippen molar-refractivity contribution in [3.05, 3.63) is 128 Å². The van der Waals surface area contributed by atoms with Crippen molar-refractivity contribution in [2.24, 2.45) is 0 Å². The third kappa shape index (κ3) is 4.61. The van der Waals surface area contributed by atoms with Gasteiger partial charge < -0.3 is 5.32 Å². The van der Waals surface area contributed by atoms with Gasteiger partial charge in [0.15, 0.2) is 5.78 Å². The second-order valence-corrected chi connectivity index (χ2v) is 9.76. The number of hydrogen-bond donors (Lipinski definition) is 1. The number of benzene rings is 4. The molecule has 0 fully saturated rings. The Labute approximate surface area is 222 Å². The molecule has 0 aliphatic carbocycles. The van der Waals surface area contributed by atoms with Gasteiger partial charge in [-0.05, 0) is 85.6 Å². The van der Waals surface area contributed by atoms with E-state index in [9.17, 15) is 19.2 Å². The highest BCUT2D eigenvalue weighted by Crippen LogP contribution is 2.31. The molecule has 0 spiro atoms. The first-order valence-corrected chi connectivity index (χ1v) is 12.3. The summed E-state index contributed by atoms with van der Waals surface area (Å²) in [5.74, 6) is -1.53. The summed E-state index contributed by atoms with van der Waals surface area (Å²) in [5, 5.41) is 2.77. The van der Waals surface area contributed by atoms with Crippen LogP contribution in [-0.4, -0.2) is 23.5 Å². The number of ketones is 1. The van der Waals surface area contributed by atoms with E-state index < -0.39 is 11.8 Å². The number of imide groups is 1. The van der Waals surface area contributed by atoms with Gasteiger partial charge in [0.2, 0.25) is 0 Å². The number of aryl methyl sites for hydroxylation is 2. The van der Waals surface area contributed by atoms with E-state index in [2.05, 4.69) is 21.2 Å². The van der Waals surface area contributed by atoms with E-state index in [0.717, 1.165) is 20.5 Å². The van der Waals surface area contributed by atoms with Gasteiger partial charge in [-0.3, -0.25) is 19.2 Å². The van der Waals surface area contributed by atoms with Crippen LogP contribution in [0.3, 0.4) is 0 Å². The molecule has 0 saturated carbocycles. The van der Waals surface area contributed by atoms with Crippen LogP contribution in [0.25, 0.3) is 0 Å². The minimum Gasteiger partial charge on any atom is -0.322 e. The summed E-state index contributed by atoms with van der Waals surface area (Å²) in [4.78, 5) is 53.2. The molecule has 37 heavy (non-hydrogen) atoms. The average Bonchev–Trinajstić information content (AvgIpc) is 3.14. The number of halogens is 1. The van der Waals surface area contributed by atoms with Gasteiger partial charge in [0.05, 0.1) is 16.8 Å². The number of anilines is 2. The Hall–Kier alpha value is -4.36. The van der Waals surface area contributed by atoms with Crippen LogP contribution < -0.4 is 10.2 Å². The van der Waals surface area contributed by atoms with Crippen LogP contribution in [0.15, 0.2) is 89.4 Å². The van der Waals surface area contributed by atoms with Crippen LogP contribution >= 0.6 is 15.9 Å². The second-order valence-electron chi connectivity index (χ2n) is 8.85. The lowest BCUT2D eigenvalue weighted by atomic mass is 9.99. The van der Waals surface area contributed by atoms with Crippen molar-refractivity contribution in [1.29, 1.82) is 0 Å². The lowest BCUT2D eigenvalue weighted by Gasteiger charge is -2.15. The van der Waals surface area contributed by atoms with Crippen molar-refractivity contribution < 1.29 is 19.2 Å². The third-order valence-corrected chi connectivity index (χ3v) is 6.92. The summed E-state index contributed by atoms with van der Waals surface area (Å²) in [6.45, 7) is 3.92. The molecule has 4 aromatic rings. The molecule has 1 heterocycles. The molecule has 1 aliphatic rings. The Balaban J connectivity index is 1.40. The number of nitrogens with zero attached hydrogens (tertiary/aromatic N) is 1. The first-order valence-electron chi connectivity index (χ1n) is 11.5. The van der Waals surface area contributed by atoms with Gasteiger partial charge in [0, 0.05) is 26.9 Å². The van der Waals surface area contributed by atoms with Crippen molar-refractivity contribution in [1.82, 2.24) is 0 Å². The molecule has 0 unspecified atom stereocenters. The van der Waals surface area contributed by atoms with E-state index in [4.69, 9.17) is 0 Å². The fraction of sp³-hybridized carbons (Fsp3) is 0.0667. The molecule has 0 atom stereocenters. The highest BCUT2D eigenvalue weighted by Gasteiger charge is 2.37. The summed E-state index contributed by atoms with van der Waals surface area (Å²) in [6.07, 6.45) is 0. The van der Waals surface area contributed by atoms with Crippen molar-refractivity contribution in [2.75, 3.05) is 10.2 Å². The second kappa shape index (κ2) is 9.59. The van der Waals surface area contributed by atoms with Crippen molar-refractivity contribution in [3.8, 4) is 0 Å². The number of hydrogen-bond acceptors (Lipinski definition) is 4. The van der Waals surface area contributed by atoms with Gasteiger partial charge in [-0.25, -0.2) is 4.90 Å². The smallest absolute Gasteiger partial charge is 0.266 e. The highest BCUT2D eigenvalue weighted by atomic mass is 79.9. The zero-order chi connectivity index (χ0) is 26.3.